The molecular formula is C16H14BrN3. The van der Waals surface area contributed by atoms with E-state index in [9.17, 15) is 0 Å². The lowest BCUT2D eigenvalue weighted by atomic mass is 10.1. The maximum atomic E-state index is 4.17. The third-order valence-electron chi connectivity index (χ3n) is 3.20. The van der Waals surface area contributed by atoms with Crippen LogP contribution < -0.4 is 5.32 Å². The molecule has 3 nitrogen and oxygen atoms in total. The van der Waals surface area contributed by atoms with E-state index in [0.29, 0.717) is 0 Å². The first-order chi connectivity index (χ1) is 9.78. The summed E-state index contributed by atoms with van der Waals surface area (Å²) in [5.74, 6) is 0. The first-order valence-electron chi connectivity index (χ1n) is 6.34. The second kappa shape index (κ2) is 5.51. The standard InChI is InChI=1S/C16H14BrN3/c1-2-20-11-12(10-19-20)9-18-16-8-7-15(17)13-5-3-4-6-14(13)16/h2-8,10-11,18H,1,9H2. The molecule has 0 spiro atoms. The number of rotatable bonds is 4. The van der Waals surface area contributed by atoms with Crippen LogP contribution in [0.25, 0.3) is 17.0 Å². The van der Waals surface area contributed by atoms with E-state index < -0.39 is 0 Å². The van der Waals surface area contributed by atoms with Crippen molar-refractivity contribution in [3.05, 3.63) is 65.4 Å². The van der Waals surface area contributed by atoms with Gasteiger partial charge >= 0.3 is 0 Å². The van der Waals surface area contributed by atoms with E-state index in [4.69, 9.17) is 0 Å². The average Bonchev–Trinajstić information content (AvgIpc) is 2.95. The molecule has 0 unspecified atom stereocenters. The average molecular weight is 328 g/mol. The molecule has 0 atom stereocenters. The molecule has 2 aromatic carbocycles. The Kier molecular flexibility index (Phi) is 3.56. The number of anilines is 1. The quantitative estimate of drug-likeness (QED) is 0.763. The minimum atomic E-state index is 0.736. The van der Waals surface area contributed by atoms with Gasteiger partial charge in [0.25, 0.3) is 0 Å². The van der Waals surface area contributed by atoms with Gasteiger partial charge in [-0.05, 0) is 17.5 Å². The number of halogens is 1. The van der Waals surface area contributed by atoms with Crippen LogP contribution in [-0.2, 0) is 6.54 Å². The highest BCUT2D eigenvalue weighted by atomic mass is 79.9. The van der Waals surface area contributed by atoms with Crippen LogP contribution in [0.15, 0.2) is 59.8 Å². The van der Waals surface area contributed by atoms with Gasteiger partial charge < -0.3 is 5.32 Å². The molecular weight excluding hydrogens is 314 g/mol. The molecule has 100 valence electrons. The number of hydrogen-bond donors (Lipinski definition) is 1. The fourth-order valence-corrected chi connectivity index (χ4v) is 2.66. The van der Waals surface area contributed by atoms with E-state index >= 15 is 0 Å². The summed E-state index contributed by atoms with van der Waals surface area (Å²) in [7, 11) is 0. The van der Waals surface area contributed by atoms with E-state index in [2.05, 4.69) is 63.3 Å². The van der Waals surface area contributed by atoms with Crippen molar-refractivity contribution in [1.82, 2.24) is 9.78 Å². The predicted molar refractivity (Wildman–Crippen MR) is 87.6 cm³/mol. The maximum Gasteiger partial charge on any atom is 0.0543 e. The highest BCUT2D eigenvalue weighted by molar-refractivity contribution is 9.10. The van der Waals surface area contributed by atoms with Gasteiger partial charge in [-0.15, -0.1) is 0 Å². The van der Waals surface area contributed by atoms with E-state index in [1.54, 1.807) is 10.9 Å². The number of fused-ring (bicyclic) bond motifs is 1. The molecule has 0 amide bonds. The topological polar surface area (TPSA) is 29.9 Å². The largest absolute Gasteiger partial charge is 0.380 e. The van der Waals surface area contributed by atoms with Gasteiger partial charge in [-0.3, -0.25) is 0 Å². The Hall–Kier alpha value is -2.07. The van der Waals surface area contributed by atoms with Crippen LogP contribution in [0.1, 0.15) is 5.56 Å². The van der Waals surface area contributed by atoms with Crippen LogP contribution in [0.5, 0.6) is 0 Å². The molecule has 0 aliphatic heterocycles. The molecule has 0 fully saturated rings. The SMILES string of the molecule is C=Cn1cc(CNc2ccc(Br)c3ccccc23)cn1. The van der Waals surface area contributed by atoms with E-state index in [0.717, 1.165) is 22.3 Å². The highest BCUT2D eigenvalue weighted by Gasteiger charge is 2.04. The van der Waals surface area contributed by atoms with Gasteiger partial charge in [-0.1, -0.05) is 46.8 Å². The van der Waals surface area contributed by atoms with Crippen molar-refractivity contribution >= 4 is 38.6 Å². The van der Waals surface area contributed by atoms with Crippen LogP contribution in [0.2, 0.25) is 0 Å². The highest BCUT2D eigenvalue weighted by Crippen LogP contribution is 2.30. The monoisotopic (exact) mass is 327 g/mol. The number of hydrogen-bond acceptors (Lipinski definition) is 2. The molecule has 3 rings (SSSR count). The second-order valence-electron chi connectivity index (χ2n) is 4.51. The molecule has 1 heterocycles. The summed E-state index contributed by atoms with van der Waals surface area (Å²) in [6.45, 7) is 4.42. The van der Waals surface area contributed by atoms with Gasteiger partial charge in [-0.25, -0.2) is 4.68 Å². The first kappa shape index (κ1) is 12.9. The molecule has 1 N–H and O–H groups in total. The zero-order valence-corrected chi connectivity index (χ0v) is 12.5. The third-order valence-corrected chi connectivity index (χ3v) is 3.89. The molecule has 0 radical (unpaired) electrons. The van der Waals surface area contributed by atoms with Gasteiger partial charge in [0.15, 0.2) is 0 Å². The van der Waals surface area contributed by atoms with Gasteiger partial charge in [0.05, 0.1) is 6.20 Å². The Balaban J connectivity index is 1.87. The van der Waals surface area contributed by atoms with Crippen molar-refractivity contribution in [2.75, 3.05) is 5.32 Å². The summed E-state index contributed by atoms with van der Waals surface area (Å²) in [6, 6.07) is 12.5. The van der Waals surface area contributed by atoms with Crippen LogP contribution in [-0.4, -0.2) is 9.78 Å². The number of aromatic nitrogens is 2. The Labute approximate surface area is 126 Å². The molecule has 4 heteroatoms. The van der Waals surface area contributed by atoms with Crippen molar-refractivity contribution in [2.45, 2.75) is 6.54 Å². The van der Waals surface area contributed by atoms with Crippen molar-refractivity contribution in [3.8, 4) is 0 Å². The van der Waals surface area contributed by atoms with Gasteiger partial charge in [0, 0.05) is 40.1 Å². The molecule has 20 heavy (non-hydrogen) atoms. The Morgan fingerprint density at radius 3 is 2.75 bits per heavy atom. The third kappa shape index (κ3) is 2.47. The lowest BCUT2D eigenvalue weighted by molar-refractivity contribution is 0.936. The minimum Gasteiger partial charge on any atom is -0.380 e. The van der Waals surface area contributed by atoms with Crippen LogP contribution in [0.4, 0.5) is 5.69 Å². The molecule has 3 aromatic rings. The normalized spacial score (nSPS) is 10.7. The first-order valence-corrected chi connectivity index (χ1v) is 7.14. The zero-order valence-electron chi connectivity index (χ0n) is 10.9. The van der Waals surface area contributed by atoms with Crippen LogP contribution in [0, 0.1) is 0 Å². The molecule has 0 saturated heterocycles. The molecule has 0 aliphatic carbocycles. The Morgan fingerprint density at radius 1 is 1.20 bits per heavy atom. The van der Waals surface area contributed by atoms with E-state index in [1.165, 1.54) is 10.8 Å². The summed E-state index contributed by atoms with van der Waals surface area (Å²) in [6.07, 6.45) is 5.48. The second-order valence-corrected chi connectivity index (χ2v) is 5.36. The van der Waals surface area contributed by atoms with Crippen molar-refractivity contribution in [1.29, 1.82) is 0 Å². The van der Waals surface area contributed by atoms with E-state index in [1.807, 2.05) is 18.5 Å². The summed E-state index contributed by atoms with van der Waals surface area (Å²) in [5, 5.41) is 10.0. The van der Waals surface area contributed by atoms with Gasteiger partial charge in [-0.2, -0.15) is 5.10 Å². The fraction of sp³-hybridized carbons (Fsp3) is 0.0625. The van der Waals surface area contributed by atoms with Gasteiger partial charge in [0.1, 0.15) is 0 Å². The molecule has 0 aliphatic rings. The fourth-order valence-electron chi connectivity index (χ4n) is 2.18. The summed E-state index contributed by atoms with van der Waals surface area (Å²) >= 11 is 3.59. The smallest absolute Gasteiger partial charge is 0.0543 e. The number of nitrogens with one attached hydrogen (secondary N) is 1. The van der Waals surface area contributed by atoms with Gasteiger partial charge in [0.2, 0.25) is 0 Å². The molecule has 0 saturated carbocycles. The van der Waals surface area contributed by atoms with Crippen molar-refractivity contribution in [2.24, 2.45) is 0 Å². The maximum absolute atomic E-state index is 4.17. The summed E-state index contributed by atoms with van der Waals surface area (Å²) < 4.78 is 2.81. The van der Waals surface area contributed by atoms with Crippen LogP contribution >= 0.6 is 15.9 Å². The summed E-state index contributed by atoms with van der Waals surface area (Å²) in [4.78, 5) is 0. The number of nitrogens with zero attached hydrogens (tertiary/aromatic N) is 2. The Bertz CT molecular complexity index is 761. The lowest BCUT2D eigenvalue weighted by Crippen LogP contribution is -1.99. The van der Waals surface area contributed by atoms with Crippen molar-refractivity contribution < 1.29 is 0 Å². The summed E-state index contributed by atoms with van der Waals surface area (Å²) in [5.41, 5.74) is 2.24. The predicted octanol–water partition coefficient (Wildman–Crippen LogP) is 4.51. The lowest BCUT2D eigenvalue weighted by Gasteiger charge is -2.10. The minimum absolute atomic E-state index is 0.736. The zero-order chi connectivity index (χ0) is 13.9. The van der Waals surface area contributed by atoms with Crippen LogP contribution in [0.3, 0.4) is 0 Å². The Morgan fingerprint density at radius 2 is 2.00 bits per heavy atom. The van der Waals surface area contributed by atoms with Crippen molar-refractivity contribution in [3.63, 3.8) is 0 Å². The molecule has 0 bridgehead atoms. The molecule has 1 aromatic heterocycles. The number of benzene rings is 2. The van der Waals surface area contributed by atoms with E-state index in [-0.39, 0.29) is 0 Å².